The summed E-state index contributed by atoms with van der Waals surface area (Å²) in [4.78, 5) is 34.7. The summed E-state index contributed by atoms with van der Waals surface area (Å²) in [6, 6.07) is 0. The molecule has 1 heterocycles. The molecule has 122 valence electrons. The largest absolute Gasteiger partial charge is 0.483 e. The summed E-state index contributed by atoms with van der Waals surface area (Å²) < 4.78 is 0. The minimum absolute atomic E-state index is 0.00931. The van der Waals surface area contributed by atoms with E-state index in [1.165, 1.54) is 0 Å². The zero-order chi connectivity index (χ0) is 16.1. The summed E-state index contributed by atoms with van der Waals surface area (Å²) >= 11 is 0. The van der Waals surface area contributed by atoms with Gasteiger partial charge >= 0.3 is 5.97 Å². The van der Waals surface area contributed by atoms with E-state index < -0.39 is 5.97 Å². The number of rotatable bonds is 6. The maximum absolute atomic E-state index is 11.6. The predicted molar refractivity (Wildman–Crippen MR) is 77.1 cm³/mol. The molecule has 1 amide bonds. The van der Waals surface area contributed by atoms with Gasteiger partial charge in [0, 0.05) is 26.1 Å². The number of hydrogen-bond acceptors (Lipinski definition) is 5. The standard InChI is InChI=1S/C12H23N3O3.CH2O2/c1-14-6-3-7-15(9-8-14)10-11(16)13-5-2-4-12(17)18;2-1-3/h2-10H2,1H3,(H,13,16)(H,17,18);1H,(H,2,3). The number of nitrogens with one attached hydrogen (secondary N) is 1. The van der Waals surface area contributed by atoms with Crippen LogP contribution < -0.4 is 5.32 Å². The lowest BCUT2D eigenvalue weighted by Gasteiger charge is -2.19. The Bertz CT molecular complexity index is 325. The second kappa shape index (κ2) is 12.1. The van der Waals surface area contributed by atoms with E-state index >= 15 is 0 Å². The molecule has 0 spiro atoms. The van der Waals surface area contributed by atoms with Crippen molar-refractivity contribution in [2.45, 2.75) is 19.3 Å². The van der Waals surface area contributed by atoms with Crippen molar-refractivity contribution in [3.63, 3.8) is 0 Å². The van der Waals surface area contributed by atoms with Gasteiger partial charge in [-0.15, -0.1) is 0 Å². The van der Waals surface area contributed by atoms with Crippen LogP contribution in [0.5, 0.6) is 0 Å². The molecule has 0 atom stereocenters. The van der Waals surface area contributed by atoms with Crippen molar-refractivity contribution >= 4 is 18.3 Å². The number of hydrogen-bond donors (Lipinski definition) is 3. The molecule has 0 unspecified atom stereocenters. The smallest absolute Gasteiger partial charge is 0.303 e. The lowest BCUT2D eigenvalue weighted by atomic mass is 10.3. The van der Waals surface area contributed by atoms with Gasteiger partial charge in [-0.3, -0.25) is 19.3 Å². The van der Waals surface area contributed by atoms with Crippen LogP contribution in [-0.2, 0) is 14.4 Å². The number of carbonyl (C=O) groups is 3. The number of likely N-dealkylation sites (N-methyl/N-ethyl adjacent to an activating group) is 1. The molecule has 0 bridgehead atoms. The molecule has 8 heteroatoms. The van der Waals surface area contributed by atoms with E-state index in [9.17, 15) is 9.59 Å². The number of aliphatic carboxylic acids is 1. The molecule has 0 aromatic heterocycles. The van der Waals surface area contributed by atoms with E-state index in [4.69, 9.17) is 15.0 Å². The highest BCUT2D eigenvalue weighted by molar-refractivity contribution is 5.78. The van der Waals surface area contributed by atoms with Gasteiger partial charge in [0.2, 0.25) is 5.91 Å². The number of carboxylic acid groups (broad SMARTS) is 2. The molecule has 0 aromatic rings. The summed E-state index contributed by atoms with van der Waals surface area (Å²) in [5.41, 5.74) is 0. The molecule has 3 N–H and O–H groups in total. The SMILES string of the molecule is CN1CCCN(CC(=O)NCCCC(=O)O)CC1.O=CO. The summed E-state index contributed by atoms with van der Waals surface area (Å²) in [5.74, 6) is -0.829. The van der Waals surface area contributed by atoms with Crippen LogP contribution in [0.3, 0.4) is 0 Å². The summed E-state index contributed by atoms with van der Waals surface area (Å²) in [5, 5.41) is 18.1. The number of nitrogens with zero attached hydrogens (tertiary/aromatic N) is 2. The maximum Gasteiger partial charge on any atom is 0.303 e. The Balaban J connectivity index is 0.00000122. The van der Waals surface area contributed by atoms with E-state index in [2.05, 4.69) is 22.2 Å². The maximum atomic E-state index is 11.6. The molecular weight excluding hydrogens is 278 g/mol. The van der Waals surface area contributed by atoms with Gasteiger partial charge < -0.3 is 20.4 Å². The normalized spacial score (nSPS) is 16.2. The summed E-state index contributed by atoms with van der Waals surface area (Å²) in [6.07, 6.45) is 1.68. The van der Waals surface area contributed by atoms with Crippen molar-refractivity contribution in [3.8, 4) is 0 Å². The third-order valence-electron chi connectivity index (χ3n) is 3.07. The number of carboxylic acids is 1. The van der Waals surface area contributed by atoms with E-state index in [-0.39, 0.29) is 18.8 Å². The molecular formula is C13H25N3O5. The van der Waals surface area contributed by atoms with E-state index in [1.54, 1.807) is 0 Å². The number of carbonyl (C=O) groups excluding carboxylic acids is 1. The van der Waals surface area contributed by atoms with Gasteiger partial charge in [-0.25, -0.2) is 0 Å². The van der Waals surface area contributed by atoms with Gasteiger partial charge in [0.05, 0.1) is 6.54 Å². The third-order valence-corrected chi connectivity index (χ3v) is 3.07. The molecule has 0 radical (unpaired) electrons. The molecule has 1 rings (SSSR count). The Hall–Kier alpha value is -1.67. The molecule has 0 aliphatic carbocycles. The topological polar surface area (TPSA) is 110 Å². The lowest BCUT2D eigenvalue weighted by molar-refractivity contribution is -0.137. The first-order valence-electron chi connectivity index (χ1n) is 6.96. The third kappa shape index (κ3) is 11.8. The molecule has 0 aromatic carbocycles. The van der Waals surface area contributed by atoms with Gasteiger partial charge in [0.15, 0.2) is 0 Å². The zero-order valence-corrected chi connectivity index (χ0v) is 12.5. The Morgan fingerprint density at radius 1 is 1.24 bits per heavy atom. The first kappa shape index (κ1) is 19.3. The van der Waals surface area contributed by atoms with Crippen molar-refractivity contribution < 1.29 is 24.6 Å². The predicted octanol–water partition coefficient (Wildman–Crippen LogP) is -0.694. The second-order valence-corrected chi connectivity index (χ2v) is 4.89. The summed E-state index contributed by atoms with van der Waals surface area (Å²) in [7, 11) is 2.09. The Kier molecular flexibility index (Phi) is 11.1. The van der Waals surface area contributed by atoms with Crippen LogP contribution in [0.2, 0.25) is 0 Å². The van der Waals surface area contributed by atoms with Crippen molar-refractivity contribution in [3.05, 3.63) is 0 Å². The zero-order valence-electron chi connectivity index (χ0n) is 12.5. The van der Waals surface area contributed by atoms with Gasteiger partial charge in [-0.2, -0.15) is 0 Å². The van der Waals surface area contributed by atoms with Gasteiger partial charge in [-0.05, 0) is 33.0 Å². The fourth-order valence-electron chi connectivity index (χ4n) is 1.98. The van der Waals surface area contributed by atoms with Crippen LogP contribution in [-0.4, -0.2) is 84.7 Å². The molecule has 1 aliphatic rings. The molecule has 8 nitrogen and oxygen atoms in total. The number of amides is 1. The first-order chi connectivity index (χ1) is 9.99. The minimum Gasteiger partial charge on any atom is -0.483 e. The Morgan fingerprint density at radius 3 is 2.52 bits per heavy atom. The lowest BCUT2D eigenvalue weighted by Crippen LogP contribution is -2.39. The first-order valence-corrected chi connectivity index (χ1v) is 6.96. The van der Waals surface area contributed by atoms with Gasteiger partial charge in [0.1, 0.15) is 0 Å². The highest BCUT2D eigenvalue weighted by Crippen LogP contribution is 2.00. The van der Waals surface area contributed by atoms with E-state index in [0.717, 1.165) is 32.6 Å². The summed E-state index contributed by atoms with van der Waals surface area (Å²) in [6.45, 7) is 4.55. The quantitative estimate of drug-likeness (QED) is 0.440. The Morgan fingerprint density at radius 2 is 1.90 bits per heavy atom. The molecule has 21 heavy (non-hydrogen) atoms. The van der Waals surface area contributed by atoms with Crippen LogP contribution in [0.15, 0.2) is 0 Å². The van der Waals surface area contributed by atoms with Crippen molar-refractivity contribution in [2.75, 3.05) is 46.3 Å². The van der Waals surface area contributed by atoms with Crippen molar-refractivity contribution in [1.82, 2.24) is 15.1 Å². The Labute approximate surface area is 124 Å². The highest BCUT2D eigenvalue weighted by atomic mass is 16.4. The van der Waals surface area contributed by atoms with Crippen LogP contribution in [0, 0.1) is 0 Å². The molecule has 1 saturated heterocycles. The van der Waals surface area contributed by atoms with Crippen LogP contribution in [0.4, 0.5) is 0 Å². The van der Waals surface area contributed by atoms with E-state index in [1.807, 2.05) is 0 Å². The fraction of sp³-hybridized carbons (Fsp3) is 0.769. The highest BCUT2D eigenvalue weighted by Gasteiger charge is 2.14. The molecule has 0 saturated carbocycles. The fourth-order valence-corrected chi connectivity index (χ4v) is 1.98. The van der Waals surface area contributed by atoms with Crippen molar-refractivity contribution in [1.29, 1.82) is 0 Å². The van der Waals surface area contributed by atoms with Crippen LogP contribution in [0.25, 0.3) is 0 Å². The molecule has 1 aliphatic heterocycles. The van der Waals surface area contributed by atoms with Crippen LogP contribution >= 0.6 is 0 Å². The minimum atomic E-state index is -0.820. The van der Waals surface area contributed by atoms with Gasteiger partial charge in [-0.1, -0.05) is 0 Å². The van der Waals surface area contributed by atoms with Crippen LogP contribution in [0.1, 0.15) is 19.3 Å². The van der Waals surface area contributed by atoms with Gasteiger partial charge in [0.25, 0.3) is 6.47 Å². The monoisotopic (exact) mass is 303 g/mol. The average Bonchev–Trinajstić information content (AvgIpc) is 2.61. The van der Waals surface area contributed by atoms with E-state index in [0.29, 0.717) is 19.5 Å². The second-order valence-electron chi connectivity index (χ2n) is 4.89. The van der Waals surface area contributed by atoms with Crippen molar-refractivity contribution in [2.24, 2.45) is 0 Å². The average molecular weight is 303 g/mol. The molecule has 1 fully saturated rings.